The molecule has 2 N–H and O–H groups in total. The van der Waals surface area contributed by atoms with Gasteiger partial charge in [0.05, 0.1) is 11.3 Å². The zero-order valence-corrected chi connectivity index (χ0v) is 10.0. The summed E-state index contributed by atoms with van der Waals surface area (Å²) >= 11 is 0. The highest BCUT2D eigenvalue weighted by Gasteiger charge is 2.33. The summed E-state index contributed by atoms with van der Waals surface area (Å²) in [4.78, 5) is 7.59. The van der Waals surface area contributed by atoms with E-state index in [1.54, 1.807) is 0 Å². The molecule has 1 aromatic heterocycles. The Labute approximate surface area is 103 Å². The molecule has 0 spiro atoms. The predicted molar refractivity (Wildman–Crippen MR) is 61.3 cm³/mol. The minimum Gasteiger partial charge on any atom is -0.350 e. The summed E-state index contributed by atoms with van der Waals surface area (Å²) < 4.78 is 37.6. The second-order valence-corrected chi connectivity index (χ2v) is 4.38. The molecular weight excluding hydrogens is 245 g/mol. The average Bonchev–Trinajstić information content (AvgIpc) is 2.28. The second-order valence-electron chi connectivity index (χ2n) is 4.38. The van der Waals surface area contributed by atoms with Gasteiger partial charge in [-0.15, -0.1) is 0 Å². The highest BCUT2D eigenvalue weighted by Crippen LogP contribution is 2.30. The molecule has 0 amide bonds. The standard InChI is InChI=1S/C11H15F3N4/c1-7-9(11(12,13)14)6-16-10(17-7)18-8-3-2-4-15-5-8/h6,8,15H,2-5H2,1H3,(H,16,17,18). The molecule has 1 saturated heterocycles. The summed E-state index contributed by atoms with van der Waals surface area (Å²) in [6, 6.07) is 0.176. The van der Waals surface area contributed by atoms with Gasteiger partial charge in [0, 0.05) is 18.8 Å². The van der Waals surface area contributed by atoms with Crippen molar-refractivity contribution in [2.75, 3.05) is 18.4 Å². The fraction of sp³-hybridized carbons (Fsp3) is 0.636. The number of aryl methyl sites for hydroxylation is 1. The second kappa shape index (κ2) is 5.09. The normalized spacial score (nSPS) is 20.8. The molecule has 0 saturated carbocycles. The first-order chi connectivity index (χ1) is 8.47. The number of hydrogen-bond acceptors (Lipinski definition) is 4. The highest BCUT2D eigenvalue weighted by atomic mass is 19.4. The van der Waals surface area contributed by atoms with E-state index in [-0.39, 0.29) is 17.7 Å². The van der Waals surface area contributed by atoms with Crippen molar-refractivity contribution >= 4 is 5.95 Å². The summed E-state index contributed by atoms with van der Waals surface area (Å²) in [5.41, 5.74) is -0.835. The molecule has 2 rings (SSSR count). The summed E-state index contributed by atoms with van der Waals surface area (Å²) in [6.07, 6.45) is -1.55. The smallest absolute Gasteiger partial charge is 0.350 e. The maximum absolute atomic E-state index is 12.5. The fourth-order valence-corrected chi connectivity index (χ4v) is 1.97. The molecule has 1 aliphatic rings. The lowest BCUT2D eigenvalue weighted by Gasteiger charge is -2.24. The maximum atomic E-state index is 12.5. The van der Waals surface area contributed by atoms with Crippen LogP contribution in [0.4, 0.5) is 19.1 Å². The van der Waals surface area contributed by atoms with Gasteiger partial charge in [-0.05, 0) is 26.3 Å². The Kier molecular flexibility index (Phi) is 3.70. The Morgan fingerprint density at radius 1 is 1.44 bits per heavy atom. The van der Waals surface area contributed by atoms with E-state index < -0.39 is 11.7 Å². The first-order valence-corrected chi connectivity index (χ1v) is 5.85. The number of alkyl halides is 3. The molecule has 4 nitrogen and oxygen atoms in total. The molecule has 1 unspecified atom stereocenters. The molecule has 7 heteroatoms. The van der Waals surface area contributed by atoms with Gasteiger partial charge in [0.25, 0.3) is 0 Å². The quantitative estimate of drug-likeness (QED) is 0.853. The Morgan fingerprint density at radius 2 is 2.22 bits per heavy atom. The lowest BCUT2D eigenvalue weighted by molar-refractivity contribution is -0.138. The lowest BCUT2D eigenvalue weighted by Crippen LogP contribution is -2.38. The molecule has 18 heavy (non-hydrogen) atoms. The van der Waals surface area contributed by atoms with E-state index in [0.717, 1.165) is 32.1 Å². The molecule has 1 aliphatic heterocycles. The van der Waals surface area contributed by atoms with Crippen LogP contribution in [0.2, 0.25) is 0 Å². The van der Waals surface area contributed by atoms with Crippen LogP contribution in [0, 0.1) is 6.92 Å². The van der Waals surface area contributed by atoms with Crippen molar-refractivity contribution in [1.82, 2.24) is 15.3 Å². The van der Waals surface area contributed by atoms with Crippen molar-refractivity contribution < 1.29 is 13.2 Å². The molecule has 100 valence electrons. The van der Waals surface area contributed by atoms with Crippen LogP contribution in [-0.2, 0) is 6.18 Å². The first-order valence-electron chi connectivity index (χ1n) is 5.85. The predicted octanol–water partition coefficient (Wildman–Crippen LogP) is 1.97. The van der Waals surface area contributed by atoms with Gasteiger partial charge >= 0.3 is 6.18 Å². The van der Waals surface area contributed by atoms with Crippen LogP contribution in [0.5, 0.6) is 0 Å². The largest absolute Gasteiger partial charge is 0.419 e. The summed E-state index contributed by atoms with van der Waals surface area (Å²) in [5, 5.41) is 6.26. The number of aromatic nitrogens is 2. The maximum Gasteiger partial charge on any atom is 0.419 e. The molecule has 0 bridgehead atoms. The van der Waals surface area contributed by atoms with Crippen molar-refractivity contribution in [1.29, 1.82) is 0 Å². The third-order valence-corrected chi connectivity index (χ3v) is 2.91. The molecule has 1 atom stereocenters. The summed E-state index contributed by atoms with van der Waals surface area (Å²) in [5.74, 6) is 0.259. The number of rotatable bonds is 2. The Morgan fingerprint density at radius 3 is 2.78 bits per heavy atom. The van der Waals surface area contributed by atoms with E-state index in [1.807, 2.05) is 0 Å². The number of piperidine rings is 1. The molecule has 0 aliphatic carbocycles. The van der Waals surface area contributed by atoms with Gasteiger partial charge in [-0.25, -0.2) is 9.97 Å². The van der Waals surface area contributed by atoms with E-state index in [9.17, 15) is 13.2 Å². The van der Waals surface area contributed by atoms with Crippen molar-refractivity contribution in [3.05, 3.63) is 17.5 Å². The molecule has 0 aromatic carbocycles. The van der Waals surface area contributed by atoms with Gasteiger partial charge in [0.1, 0.15) is 0 Å². The van der Waals surface area contributed by atoms with Crippen LogP contribution < -0.4 is 10.6 Å². The van der Waals surface area contributed by atoms with Crippen LogP contribution in [0.15, 0.2) is 6.20 Å². The molecular formula is C11H15F3N4. The first kappa shape index (κ1) is 13.1. The fourth-order valence-electron chi connectivity index (χ4n) is 1.97. The third kappa shape index (κ3) is 3.10. The summed E-state index contributed by atoms with van der Waals surface area (Å²) in [7, 11) is 0. The van der Waals surface area contributed by atoms with Crippen LogP contribution in [0.1, 0.15) is 24.1 Å². The van der Waals surface area contributed by atoms with Crippen molar-refractivity contribution in [2.45, 2.75) is 32.0 Å². The van der Waals surface area contributed by atoms with Gasteiger partial charge < -0.3 is 10.6 Å². The zero-order chi connectivity index (χ0) is 13.2. The summed E-state index contributed by atoms with van der Waals surface area (Å²) in [6.45, 7) is 3.10. The Hall–Kier alpha value is -1.37. The Bertz CT molecular complexity index is 413. The van der Waals surface area contributed by atoms with Gasteiger partial charge in [0.15, 0.2) is 0 Å². The van der Waals surface area contributed by atoms with E-state index in [2.05, 4.69) is 20.6 Å². The molecule has 1 aromatic rings. The van der Waals surface area contributed by atoms with Crippen LogP contribution >= 0.6 is 0 Å². The SMILES string of the molecule is Cc1nc(NC2CCCNC2)ncc1C(F)(F)F. The third-order valence-electron chi connectivity index (χ3n) is 2.91. The van der Waals surface area contributed by atoms with Crippen molar-refractivity contribution in [3.8, 4) is 0 Å². The van der Waals surface area contributed by atoms with Gasteiger partial charge in [-0.2, -0.15) is 13.2 Å². The van der Waals surface area contributed by atoms with E-state index >= 15 is 0 Å². The van der Waals surface area contributed by atoms with Crippen molar-refractivity contribution in [3.63, 3.8) is 0 Å². The van der Waals surface area contributed by atoms with Crippen LogP contribution in [-0.4, -0.2) is 29.1 Å². The molecule has 2 heterocycles. The minimum atomic E-state index is -4.39. The number of nitrogens with one attached hydrogen (secondary N) is 2. The van der Waals surface area contributed by atoms with Gasteiger partial charge in [-0.3, -0.25) is 0 Å². The minimum absolute atomic E-state index is 0.0521. The topological polar surface area (TPSA) is 49.8 Å². The lowest BCUT2D eigenvalue weighted by atomic mass is 10.1. The van der Waals surface area contributed by atoms with Crippen molar-refractivity contribution in [2.24, 2.45) is 0 Å². The molecule has 0 radical (unpaired) electrons. The number of hydrogen-bond donors (Lipinski definition) is 2. The average molecular weight is 260 g/mol. The van der Waals surface area contributed by atoms with E-state index in [1.165, 1.54) is 6.92 Å². The van der Waals surface area contributed by atoms with Gasteiger partial charge in [-0.1, -0.05) is 0 Å². The van der Waals surface area contributed by atoms with Gasteiger partial charge in [0.2, 0.25) is 5.95 Å². The zero-order valence-electron chi connectivity index (χ0n) is 10.0. The monoisotopic (exact) mass is 260 g/mol. The van der Waals surface area contributed by atoms with E-state index in [4.69, 9.17) is 0 Å². The van der Waals surface area contributed by atoms with Crippen LogP contribution in [0.25, 0.3) is 0 Å². The number of anilines is 1. The number of nitrogens with zero attached hydrogens (tertiary/aromatic N) is 2. The van der Waals surface area contributed by atoms with Crippen LogP contribution in [0.3, 0.4) is 0 Å². The highest BCUT2D eigenvalue weighted by molar-refractivity contribution is 5.31. The Balaban J connectivity index is 2.08. The molecule has 1 fully saturated rings. The number of halogens is 3. The van der Waals surface area contributed by atoms with E-state index in [0.29, 0.717) is 0 Å².